The van der Waals surface area contributed by atoms with Crippen molar-refractivity contribution in [2.45, 2.75) is 19.5 Å². The molecule has 1 unspecified atom stereocenters. The third kappa shape index (κ3) is 4.09. The second-order valence-corrected chi connectivity index (χ2v) is 6.39. The number of halogens is 1. The number of hydrogen-bond donors (Lipinski definition) is 0. The van der Waals surface area contributed by atoms with Gasteiger partial charge in [0.2, 0.25) is 0 Å². The number of amides is 1. The number of hydrogen-bond acceptors (Lipinski definition) is 1. The normalized spacial score (nSPS) is 11.8. The molecule has 0 saturated carbocycles. The van der Waals surface area contributed by atoms with Crippen molar-refractivity contribution in [1.29, 1.82) is 0 Å². The molecule has 0 saturated heterocycles. The average molecular weight is 350 g/mol. The van der Waals surface area contributed by atoms with E-state index in [0.29, 0.717) is 17.1 Å². The summed E-state index contributed by atoms with van der Waals surface area (Å²) in [5, 5.41) is 0.478. The zero-order valence-corrected chi connectivity index (χ0v) is 14.9. The fourth-order valence-electron chi connectivity index (χ4n) is 2.87. The number of nitrogens with zero attached hydrogens (tertiary/aromatic N) is 1. The van der Waals surface area contributed by atoms with Gasteiger partial charge in [0, 0.05) is 6.54 Å². The van der Waals surface area contributed by atoms with Gasteiger partial charge in [0.25, 0.3) is 5.91 Å². The van der Waals surface area contributed by atoms with Crippen LogP contribution in [0.1, 0.15) is 34.5 Å². The lowest BCUT2D eigenvalue weighted by molar-refractivity contribution is 0.0674. The summed E-state index contributed by atoms with van der Waals surface area (Å²) in [5.41, 5.74) is 2.72. The summed E-state index contributed by atoms with van der Waals surface area (Å²) in [5.74, 6) is -0.0641. The molecule has 126 valence electrons. The van der Waals surface area contributed by atoms with Crippen LogP contribution in [-0.4, -0.2) is 10.8 Å². The SMILES string of the molecule is CC(c1ccccc1)N(Cc1ccccc1)C(=O)c1ccccc1Cl. The van der Waals surface area contributed by atoms with Crippen molar-refractivity contribution < 1.29 is 4.79 Å². The summed E-state index contributed by atoms with van der Waals surface area (Å²) in [7, 11) is 0. The molecule has 0 bridgehead atoms. The van der Waals surface area contributed by atoms with Gasteiger partial charge in [-0.15, -0.1) is 0 Å². The lowest BCUT2D eigenvalue weighted by Crippen LogP contribution is -2.33. The Morgan fingerprint density at radius 1 is 0.880 bits per heavy atom. The molecule has 0 aliphatic carbocycles. The molecule has 2 nitrogen and oxygen atoms in total. The van der Waals surface area contributed by atoms with Crippen LogP contribution in [0, 0.1) is 0 Å². The van der Waals surface area contributed by atoms with Gasteiger partial charge in [-0.25, -0.2) is 0 Å². The van der Waals surface area contributed by atoms with Crippen molar-refractivity contribution in [3.8, 4) is 0 Å². The molecule has 0 N–H and O–H groups in total. The second-order valence-electron chi connectivity index (χ2n) is 5.99. The van der Waals surface area contributed by atoms with Crippen molar-refractivity contribution in [1.82, 2.24) is 4.90 Å². The van der Waals surface area contributed by atoms with Crippen molar-refractivity contribution in [3.63, 3.8) is 0 Å². The Hall–Kier alpha value is -2.58. The largest absolute Gasteiger partial charge is 0.328 e. The lowest BCUT2D eigenvalue weighted by atomic mass is 10.0. The summed E-state index contributed by atoms with van der Waals surface area (Å²) in [6, 6.07) is 27.2. The van der Waals surface area contributed by atoms with Crippen LogP contribution in [-0.2, 0) is 6.54 Å². The van der Waals surface area contributed by atoms with E-state index in [4.69, 9.17) is 11.6 Å². The molecule has 0 aliphatic heterocycles. The van der Waals surface area contributed by atoms with E-state index < -0.39 is 0 Å². The van der Waals surface area contributed by atoms with Crippen LogP contribution in [0.5, 0.6) is 0 Å². The van der Waals surface area contributed by atoms with E-state index in [-0.39, 0.29) is 11.9 Å². The molecule has 3 aromatic carbocycles. The van der Waals surface area contributed by atoms with Crippen LogP contribution in [0.25, 0.3) is 0 Å². The monoisotopic (exact) mass is 349 g/mol. The molecule has 0 radical (unpaired) electrons. The van der Waals surface area contributed by atoms with Crippen LogP contribution in [0.4, 0.5) is 0 Å². The maximum atomic E-state index is 13.2. The molecule has 0 aliphatic rings. The van der Waals surface area contributed by atoms with E-state index in [0.717, 1.165) is 11.1 Å². The third-order valence-electron chi connectivity index (χ3n) is 4.31. The van der Waals surface area contributed by atoms with Gasteiger partial charge in [-0.05, 0) is 30.2 Å². The summed E-state index contributed by atoms with van der Waals surface area (Å²) in [6.45, 7) is 2.58. The number of rotatable bonds is 5. The molecule has 3 rings (SSSR count). The average Bonchev–Trinajstić information content (AvgIpc) is 2.67. The van der Waals surface area contributed by atoms with Gasteiger partial charge in [-0.2, -0.15) is 0 Å². The smallest absolute Gasteiger partial charge is 0.256 e. The van der Waals surface area contributed by atoms with Crippen molar-refractivity contribution >= 4 is 17.5 Å². The van der Waals surface area contributed by atoms with E-state index in [1.165, 1.54) is 0 Å². The predicted octanol–water partition coefficient (Wildman–Crippen LogP) is 5.74. The summed E-state index contributed by atoms with van der Waals surface area (Å²) < 4.78 is 0. The Morgan fingerprint density at radius 2 is 1.44 bits per heavy atom. The van der Waals surface area contributed by atoms with Crippen LogP contribution in [0.3, 0.4) is 0 Å². The zero-order valence-electron chi connectivity index (χ0n) is 14.1. The third-order valence-corrected chi connectivity index (χ3v) is 4.64. The fraction of sp³-hybridized carbons (Fsp3) is 0.136. The van der Waals surface area contributed by atoms with Crippen molar-refractivity contribution in [3.05, 3.63) is 107 Å². The Bertz CT molecular complexity index is 833. The van der Waals surface area contributed by atoms with Gasteiger partial charge >= 0.3 is 0 Å². The van der Waals surface area contributed by atoms with Gasteiger partial charge in [0.1, 0.15) is 0 Å². The van der Waals surface area contributed by atoms with E-state index in [1.54, 1.807) is 12.1 Å². The first kappa shape index (κ1) is 17.2. The van der Waals surface area contributed by atoms with Gasteiger partial charge in [-0.3, -0.25) is 4.79 Å². The van der Waals surface area contributed by atoms with Gasteiger partial charge in [0.15, 0.2) is 0 Å². The highest BCUT2D eigenvalue weighted by Gasteiger charge is 2.24. The van der Waals surface area contributed by atoms with Crippen LogP contribution in [0.15, 0.2) is 84.9 Å². The summed E-state index contributed by atoms with van der Waals surface area (Å²) >= 11 is 6.27. The first-order valence-electron chi connectivity index (χ1n) is 8.31. The van der Waals surface area contributed by atoms with Crippen molar-refractivity contribution in [2.75, 3.05) is 0 Å². The molecule has 1 amide bonds. The summed E-state index contributed by atoms with van der Waals surface area (Å²) in [6.07, 6.45) is 0. The van der Waals surface area contributed by atoms with E-state index >= 15 is 0 Å². The maximum absolute atomic E-state index is 13.2. The van der Waals surface area contributed by atoms with Gasteiger partial charge in [-0.1, -0.05) is 84.4 Å². The second kappa shape index (κ2) is 8.00. The minimum absolute atomic E-state index is 0.0641. The molecule has 0 fully saturated rings. The molecule has 3 heteroatoms. The van der Waals surface area contributed by atoms with Crippen molar-refractivity contribution in [2.24, 2.45) is 0 Å². The van der Waals surface area contributed by atoms with Gasteiger partial charge in [0.05, 0.1) is 16.6 Å². The topological polar surface area (TPSA) is 20.3 Å². The molecule has 0 heterocycles. The van der Waals surface area contributed by atoms with Crippen LogP contribution in [0.2, 0.25) is 5.02 Å². The molecule has 25 heavy (non-hydrogen) atoms. The predicted molar refractivity (Wildman–Crippen MR) is 103 cm³/mol. The minimum atomic E-state index is -0.0646. The van der Waals surface area contributed by atoms with Gasteiger partial charge < -0.3 is 4.90 Å². The van der Waals surface area contributed by atoms with Crippen LogP contribution >= 0.6 is 11.6 Å². The Balaban J connectivity index is 1.96. The minimum Gasteiger partial charge on any atom is -0.328 e. The first-order chi connectivity index (χ1) is 12.2. The quantitative estimate of drug-likeness (QED) is 0.574. The van der Waals surface area contributed by atoms with E-state index in [9.17, 15) is 4.79 Å². The van der Waals surface area contributed by atoms with E-state index in [1.807, 2.05) is 84.6 Å². The Kier molecular flexibility index (Phi) is 5.52. The Labute approximate surface area is 153 Å². The first-order valence-corrected chi connectivity index (χ1v) is 8.69. The highest BCUT2D eigenvalue weighted by Crippen LogP contribution is 2.26. The summed E-state index contributed by atoms with van der Waals surface area (Å²) in [4.78, 5) is 15.1. The zero-order chi connectivity index (χ0) is 17.6. The lowest BCUT2D eigenvalue weighted by Gasteiger charge is -2.30. The van der Waals surface area contributed by atoms with Crippen LogP contribution < -0.4 is 0 Å². The molecule has 1 atom stereocenters. The molecular weight excluding hydrogens is 330 g/mol. The maximum Gasteiger partial charge on any atom is 0.256 e. The standard InChI is InChI=1S/C22H20ClNO/c1-17(19-12-6-3-7-13-19)24(16-18-10-4-2-5-11-18)22(25)20-14-8-9-15-21(20)23/h2-15,17H,16H2,1H3. The van der Waals surface area contributed by atoms with E-state index in [2.05, 4.69) is 0 Å². The highest BCUT2D eigenvalue weighted by molar-refractivity contribution is 6.33. The molecular formula is C22H20ClNO. The Morgan fingerprint density at radius 3 is 2.08 bits per heavy atom. The number of carbonyl (C=O) groups is 1. The highest BCUT2D eigenvalue weighted by atomic mass is 35.5. The number of carbonyl (C=O) groups excluding carboxylic acids is 1. The fourth-order valence-corrected chi connectivity index (χ4v) is 3.08. The molecule has 0 spiro atoms. The number of benzene rings is 3. The molecule has 3 aromatic rings. The molecule has 0 aromatic heterocycles.